The molecule has 9 heteroatoms. The second-order valence-corrected chi connectivity index (χ2v) is 6.22. The highest BCUT2D eigenvalue weighted by atomic mass is 19.4. The molecule has 0 bridgehead atoms. The monoisotopic (exact) mass is 427 g/mol. The molecule has 3 aromatic carbocycles. The largest absolute Gasteiger partial charge is 0.457 e. The van der Waals surface area contributed by atoms with Gasteiger partial charge in [-0.25, -0.2) is 5.43 Å². The van der Waals surface area contributed by atoms with Gasteiger partial charge in [-0.2, -0.15) is 18.3 Å². The minimum absolute atomic E-state index is 0.162. The van der Waals surface area contributed by atoms with Crippen molar-refractivity contribution in [2.45, 2.75) is 6.18 Å². The second kappa shape index (κ2) is 9.57. The number of hydrazone groups is 1. The van der Waals surface area contributed by atoms with E-state index in [0.717, 1.165) is 18.2 Å². The van der Waals surface area contributed by atoms with E-state index in [9.17, 15) is 22.8 Å². The van der Waals surface area contributed by atoms with Crippen molar-refractivity contribution < 1.29 is 27.5 Å². The third-order valence-electron chi connectivity index (χ3n) is 3.87. The summed E-state index contributed by atoms with van der Waals surface area (Å²) >= 11 is 0. The maximum absolute atomic E-state index is 12.7. The van der Waals surface area contributed by atoms with Crippen molar-refractivity contribution in [2.75, 3.05) is 5.32 Å². The third-order valence-corrected chi connectivity index (χ3v) is 3.87. The molecular formula is C22H16F3N3O3. The average molecular weight is 427 g/mol. The van der Waals surface area contributed by atoms with Crippen LogP contribution >= 0.6 is 0 Å². The molecule has 0 atom stereocenters. The van der Waals surface area contributed by atoms with Crippen molar-refractivity contribution in [3.63, 3.8) is 0 Å². The fourth-order valence-electron chi connectivity index (χ4n) is 2.46. The van der Waals surface area contributed by atoms with Gasteiger partial charge in [0.25, 0.3) is 0 Å². The molecule has 6 nitrogen and oxygen atoms in total. The zero-order valence-electron chi connectivity index (χ0n) is 15.9. The van der Waals surface area contributed by atoms with Crippen LogP contribution < -0.4 is 15.5 Å². The molecule has 0 unspecified atom stereocenters. The molecule has 0 aliphatic heterocycles. The van der Waals surface area contributed by atoms with Gasteiger partial charge in [0.05, 0.1) is 11.8 Å². The maximum atomic E-state index is 12.7. The predicted octanol–water partition coefficient (Wildman–Crippen LogP) is 4.59. The van der Waals surface area contributed by atoms with Gasteiger partial charge in [-0.15, -0.1) is 0 Å². The average Bonchev–Trinajstić information content (AvgIpc) is 2.74. The number of para-hydroxylation sites is 1. The molecule has 3 aromatic rings. The molecule has 158 valence electrons. The van der Waals surface area contributed by atoms with Gasteiger partial charge in [-0.1, -0.05) is 36.4 Å². The van der Waals surface area contributed by atoms with Gasteiger partial charge in [-0.3, -0.25) is 9.59 Å². The molecule has 0 saturated carbocycles. The summed E-state index contributed by atoms with van der Waals surface area (Å²) in [4.78, 5) is 23.7. The highest BCUT2D eigenvalue weighted by Crippen LogP contribution is 2.30. The van der Waals surface area contributed by atoms with Gasteiger partial charge in [0.15, 0.2) is 0 Å². The van der Waals surface area contributed by atoms with Crippen LogP contribution in [0.25, 0.3) is 0 Å². The Morgan fingerprint density at radius 1 is 0.839 bits per heavy atom. The topological polar surface area (TPSA) is 79.8 Å². The molecule has 0 fully saturated rings. The molecule has 0 aromatic heterocycles. The summed E-state index contributed by atoms with van der Waals surface area (Å²) < 4.78 is 43.9. The van der Waals surface area contributed by atoms with Crippen LogP contribution in [0.5, 0.6) is 11.5 Å². The van der Waals surface area contributed by atoms with Gasteiger partial charge in [0.1, 0.15) is 11.5 Å². The summed E-state index contributed by atoms with van der Waals surface area (Å²) in [6, 6.07) is 19.9. The zero-order chi connectivity index (χ0) is 22.3. The molecule has 0 spiro atoms. The zero-order valence-corrected chi connectivity index (χ0v) is 15.9. The standard InChI is InChI=1S/C22H16F3N3O3/c23-22(24,25)16-7-5-8-17(13-16)27-20(29)21(30)28-26-14-15-6-4-11-19(12-15)31-18-9-2-1-3-10-18/h1-14H,(H,27,29)(H,28,30)/b26-14+. The van der Waals surface area contributed by atoms with Crippen molar-refractivity contribution in [1.82, 2.24) is 5.43 Å². The predicted molar refractivity (Wildman–Crippen MR) is 109 cm³/mol. The van der Waals surface area contributed by atoms with Crippen LogP contribution in [-0.2, 0) is 15.8 Å². The van der Waals surface area contributed by atoms with E-state index in [0.29, 0.717) is 17.1 Å². The molecule has 0 saturated heterocycles. The smallest absolute Gasteiger partial charge is 0.416 e. The Balaban J connectivity index is 1.57. The molecule has 0 aliphatic carbocycles. The van der Waals surface area contributed by atoms with Crippen LogP contribution in [0.3, 0.4) is 0 Å². The number of halogens is 3. The fourth-order valence-corrected chi connectivity index (χ4v) is 2.46. The maximum Gasteiger partial charge on any atom is 0.416 e. The van der Waals surface area contributed by atoms with E-state index in [1.165, 1.54) is 12.3 Å². The lowest BCUT2D eigenvalue weighted by Crippen LogP contribution is -2.32. The third kappa shape index (κ3) is 6.43. The number of carbonyl (C=O) groups is 2. The van der Waals surface area contributed by atoms with Crippen LogP contribution in [-0.4, -0.2) is 18.0 Å². The summed E-state index contributed by atoms with van der Waals surface area (Å²) in [6.45, 7) is 0. The summed E-state index contributed by atoms with van der Waals surface area (Å²) in [7, 11) is 0. The number of alkyl halides is 3. The molecular weight excluding hydrogens is 411 g/mol. The van der Waals surface area contributed by atoms with Crippen molar-refractivity contribution in [1.29, 1.82) is 0 Å². The van der Waals surface area contributed by atoms with Gasteiger partial charge in [0, 0.05) is 5.69 Å². The Labute approximate surface area is 175 Å². The van der Waals surface area contributed by atoms with E-state index in [4.69, 9.17) is 4.74 Å². The number of rotatable bonds is 5. The van der Waals surface area contributed by atoms with Crippen molar-refractivity contribution >= 4 is 23.7 Å². The fraction of sp³-hybridized carbons (Fsp3) is 0.0455. The first-order chi connectivity index (χ1) is 14.8. The van der Waals surface area contributed by atoms with E-state index < -0.39 is 23.6 Å². The first-order valence-corrected chi connectivity index (χ1v) is 8.96. The number of hydrogen-bond acceptors (Lipinski definition) is 4. The number of nitrogens with zero attached hydrogens (tertiary/aromatic N) is 1. The number of ether oxygens (including phenoxy) is 1. The first-order valence-electron chi connectivity index (χ1n) is 8.96. The summed E-state index contributed by atoms with van der Waals surface area (Å²) in [5.41, 5.74) is 1.50. The van der Waals surface area contributed by atoms with E-state index >= 15 is 0 Å². The first kappa shape index (κ1) is 21.6. The molecule has 31 heavy (non-hydrogen) atoms. The lowest BCUT2D eigenvalue weighted by Gasteiger charge is -2.09. The van der Waals surface area contributed by atoms with Crippen molar-refractivity contribution in [2.24, 2.45) is 5.10 Å². The van der Waals surface area contributed by atoms with Crippen LogP contribution in [0.2, 0.25) is 0 Å². The number of anilines is 1. The minimum atomic E-state index is -4.56. The number of hydrogen-bond donors (Lipinski definition) is 2. The molecule has 3 rings (SSSR count). The number of benzene rings is 3. The lowest BCUT2D eigenvalue weighted by atomic mass is 10.2. The molecule has 0 aliphatic rings. The minimum Gasteiger partial charge on any atom is -0.457 e. The van der Waals surface area contributed by atoms with Crippen molar-refractivity contribution in [3.05, 3.63) is 90.0 Å². The van der Waals surface area contributed by atoms with E-state index in [2.05, 4.69) is 10.4 Å². The summed E-state index contributed by atoms with van der Waals surface area (Å²) in [6.07, 6.45) is -3.26. The van der Waals surface area contributed by atoms with Crippen molar-refractivity contribution in [3.8, 4) is 11.5 Å². The Kier molecular flexibility index (Phi) is 6.66. The number of amides is 2. The van der Waals surface area contributed by atoms with E-state index in [1.807, 2.05) is 23.6 Å². The van der Waals surface area contributed by atoms with Crippen LogP contribution in [0, 0.1) is 0 Å². The normalized spacial score (nSPS) is 11.2. The van der Waals surface area contributed by atoms with Gasteiger partial charge in [-0.05, 0) is 48.0 Å². The SMILES string of the molecule is O=C(N/N=C/c1cccc(Oc2ccccc2)c1)C(=O)Nc1cccc(C(F)(F)F)c1. The highest BCUT2D eigenvalue weighted by molar-refractivity contribution is 6.39. The summed E-state index contributed by atoms with van der Waals surface area (Å²) in [5.74, 6) is -1.09. The Hall–Kier alpha value is -4.14. The highest BCUT2D eigenvalue weighted by Gasteiger charge is 2.30. The van der Waals surface area contributed by atoms with E-state index in [-0.39, 0.29) is 5.69 Å². The van der Waals surface area contributed by atoms with Crippen LogP contribution in [0.4, 0.5) is 18.9 Å². The number of nitrogens with one attached hydrogen (secondary N) is 2. The Morgan fingerprint density at radius 3 is 2.29 bits per heavy atom. The van der Waals surface area contributed by atoms with Gasteiger partial charge < -0.3 is 10.1 Å². The van der Waals surface area contributed by atoms with Gasteiger partial charge >= 0.3 is 18.0 Å². The molecule has 0 radical (unpaired) electrons. The quantitative estimate of drug-likeness (QED) is 0.355. The van der Waals surface area contributed by atoms with Gasteiger partial charge in [0.2, 0.25) is 0 Å². The summed E-state index contributed by atoms with van der Waals surface area (Å²) in [5, 5.41) is 5.78. The van der Waals surface area contributed by atoms with E-state index in [1.54, 1.807) is 36.4 Å². The molecule has 0 heterocycles. The Bertz CT molecular complexity index is 1100. The lowest BCUT2D eigenvalue weighted by molar-refractivity contribution is -0.137. The van der Waals surface area contributed by atoms with Crippen LogP contribution in [0.15, 0.2) is 84.0 Å². The molecule has 2 N–H and O–H groups in total. The van der Waals surface area contributed by atoms with Crippen LogP contribution in [0.1, 0.15) is 11.1 Å². The second-order valence-electron chi connectivity index (χ2n) is 6.22. The molecule has 2 amide bonds. The Morgan fingerprint density at radius 2 is 1.55 bits per heavy atom. The number of carbonyl (C=O) groups excluding carboxylic acids is 2.